The highest BCUT2D eigenvalue weighted by molar-refractivity contribution is 8.27. The van der Waals surface area contributed by atoms with E-state index in [1.807, 2.05) is 92.2 Å². The average Bonchev–Trinajstić information content (AvgIpc) is 3.30. The van der Waals surface area contributed by atoms with E-state index in [1.54, 1.807) is 5.01 Å². The molecule has 1 saturated heterocycles. The Labute approximate surface area is 216 Å². The van der Waals surface area contributed by atoms with Crippen molar-refractivity contribution in [1.29, 1.82) is 0 Å². The van der Waals surface area contributed by atoms with Gasteiger partial charge in [-0.05, 0) is 80.9 Å². The molecule has 2 aromatic carbocycles. The van der Waals surface area contributed by atoms with Crippen LogP contribution in [0.1, 0.15) is 35.0 Å². The van der Waals surface area contributed by atoms with E-state index >= 15 is 0 Å². The van der Waals surface area contributed by atoms with Gasteiger partial charge in [-0.15, -0.1) is 6.58 Å². The lowest BCUT2D eigenvalue weighted by molar-refractivity contribution is -0.114. The van der Waals surface area contributed by atoms with Crippen LogP contribution in [0.5, 0.6) is 11.5 Å². The molecule has 1 aromatic heterocycles. The minimum absolute atomic E-state index is 0.143. The van der Waals surface area contributed by atoms with Crippen LogP contribution in [0, 0.1) is 13.8 Å². The molecule has 7 heteroatoms. The highest BCUT2D eigenvalue weighted by Gasteiger charge is 2.34. The van der Waals surface area contributed by atoms with Gasteiger partial charge in [-0.2, -0.15) is 5.01 Å². The van der Waals surface area contributed by atoms with Gasteiger partial charge in [0.25, 0.3) is 5.91 Å². The van der Waals surface area contributed by atoms with E-state index in [0.29, 0.717) is 40.4 Å². The van der Waals surface area contributed by atoms with Crippen LogP contribution in [0.2, 0.25) is 0 Å². The Morgan fingerprint density at radius 2 is 1.77 bits per heavy atom. The maximum Gasteiger partial charge on any atom is 0.285 e. The summed E-state index contributed by atoms with van der Waals surface area (Å²) in [4.78, 5) is 13.9. The summed E-state index contributed by atoms with van der Waals surface area (Å²) in [6.07, 6.45) is 4.30. The number of nitrogens with zero attached hydrogens (tertiary/aromatic N) is 2. The SMILES string of the molecule is C=CCc1cc(/C=C2\SC(=S)N(n3c(C)ccc3C)C2=O)cc(OCC)c1OCc1ccccc1. The molecule has 180 valence electrons. The summed E-state index contributed by atoms with van der Waals surface area (Å²) in [6, 6.07) is 17.9. The van der Waals surface area contributed by atoms with E-state index in [-0.39, 0.29) is 5.91 Å². The molecule has 3 aromatic rings. The molecule has 0 saturated carbocycles. The number of carbonyl (C=O) groups is 1. The molecule has 1 fully saturated rings. The minimum atomic E-state index is -0.143. The fourth-order valence-corrected chi connectivity index (χ4v) is 5.23. The van der Waals surface area contributed by atoms with E-state index < -0.39 is 0 Å². The van der Waals surface area contributed by atoms with Gasteiger partial charge in [0.2, 0.25) is 0 Å². The summed E-state index contributed by atoms with van der Waals surface area (Å²) < 4.78 is 14.5. The number of carbonyl (C=O) groups excluding carboxylic acids is 1. The number of thioether (sulfide) groups is 1. The molecule has 0 bridgehead atoms. The normalized spacial score (nSPS) is 14.6. The number of hydrogen-bond donors (Lipinski definition) is 0. The second-order valence-electron chi connectivity index (χ2n) is 8.13. The van der Waals surface area contributed by atoms with Gasteiger partial charge in [0.15, 0.2) is 15.8 Å². The molecule has 0 atom stereocenters. The number of ether oxygens (including phenoxy) is 2. The molecule has 0 unspecified atom stereocenters. The fraction of sp³-hybridized carbons (Fsp3) is 0.214. The second-order valence-corrected chi connectivity index (χ2v) is 9.80. The molecule has 2 heterocycles. The summed E-state index contributed by atoms with van der Waals surface area (Å²) in [5.74, 6) is 1.19. The number of thiocarbonyl (C=S) groups is 1. The lowest BCUT2D eigenvalue weighted by Gasteiger charge is -2.20. The molecule has 5 nitrogen and oxygen atoms in total. The number of amides is 1. The van der Waals surface area contributed by atoms with Gasteiger partial charge in [0.1, 0.15) is 6.61 Å². The van der Waals surface area contributed by atoms with Gasteiger partial charge in [-0.25, -0.2) is 0 Å². The van der Waals surface area contributed by atoms with Crippen LogP contribution >= 0.6 is 24.0 Å². The highest BCUT2D eigenvalue weighted by atomic mass is 32.2. The van der Waals surface area contributed by atoms with Gasteiger partial charge in [-0.1, -0.05) is 48.2 Å². The molecule has 1 amide bonds. The maximum atomic E-state index is 13.3. The van der Waals surface area contributed by atoms with E-state index in [9.17, 15) is 4.79 Å². The quantitative estimate of drug-likeness (QED) is 0.193. The molecule has 0 N–H and O–H groups in total. The number of hydrogen-bond acceptors (Lipinski definition) is 5. The summed E-state index contributed by atoms with van der Waals surface area (Å²) in [5, 5.41) is 1.56. The van der Waals surface area contributed by atoms with Crippen LogP contribution < -0.4 is 14.5 Å². The summed E-state index contributed by atoms with van der Waals surface area (Å²) >= 11 is 6.86. The second kappa shape index (κ2) is 11.0. The van der Waals surface area contributed by atoms with Crippen LogP contribution in [0.25, 0.3) is 6.08 Å². The zero-order valence-electron chi connectivity index (χ0n) is 20.1. The number of allylic oxidation sites excluding steroid dienone is 1. The first-order chi connectivity index (χ1) is 16.9. The Morgan fingerprint density at radius 1 is 1.06 bits per heavy atom. The number of rotatable bonds is 9. The Bertz CT molecular complexity index is 1280. The fourth-order valence-electron chi connectivity index (χ4n) is 3.99. The molecule has 1 aliphatic rings. The average molecular weight is 505 g/mol. The lowest BCUT2D eigenvalue weighted by Crippen LogP contribution is -2.39. The molecular formula is C28H28N2O3S2. The Kier molecular flexibility index (Phi) is 7.78. The molecule has 0 aliphatic carbocycles. The first kappa shape index (κ1) is 24.8. The molecular weight excluding hydrogens is 476 g/mol. The first-order valence-corrected chi connectivity index (χ1v) is 12.7. The summed E-state index contributed by atoms with van der Waals surface area (Å²) in [5.41, 5.74) is 4.76. The van der Waals surface area contributed by atoms with Crippen molar-refractivity contribution in [2.45, 2.75) is 33.8 Å². The number of aryl methyl sites for hydroxylation is 2. The van der Waals surface area contributed by atoms with Crippen LogP contribution in [-0.4, -0.2) is 21.5 Å². The van der Waals surface area contributed by atoms with Crippen molar-refractivity contribution in [2.24, 2.45) is 0 Å². The van der Waals surface area contributed by atoms with Crippen molar-refractivity contribution in [3.63, 3.8) is 0 Å². The van der Waals surface area contributed by atoms with Crippen molar-refractivity contribution in [2.75, 3.05) is 11.6 Å². The Hall–Kier alpha value is -3.29. The summed E-state index contributed by atoms with van der Waals surface area (Å²) in [6.45, 7) is 10.7. The monoisotopic (exact) mass is 504 g/mol. The van der Waals surface area contributed by atoms with Crippen LogP contribution in [0.4, 0.5) is 0 Å². The molecule has 35 heavy (non-hydrogen) atoms. The summed E-state index contributed by atoms with van der Waals surface area (Å²) in [7, 11) is 0. The van der Waals surface area contributed by atoms with Crippen LogP contribution in [-0.2, 0) is 17.8 Å². The van der Waals surface area contributed by atoms with Crippen LogP contribution in [0.3, 0.4) is 0 Å². The third kappa shape index (κ3) is 5.36. The number of benzene rings is 2. The molecule has 4 rings (SSSR count). The molecule has 0 radical (unpaired) electrons. The van der Waals surface area contributed by atoms with Crippen molar-refractivity contribution in [3.05, 3.63) is 100 Å². The van der Waals surface area contributed by atoms with Gasteiger partial charge >= 0.3 is 0 Å². The predicted molar refractivity (Wildman–Crippen MR) is 148 cm³/mol. The van der Waals surface area contributed by atoms with E-state index in [0.717, 1.165) is 28.1 Å². The first-order valence-electron chi connectivity index (χ1n) is 11.4. The van der Waals surface area contributed by atoms with E-state index in [2.05, 4.69) is 6.58 Å². The lowest BCUT2D eigenvalue weighted by atomic mass is 10.0. The van der Waals surface area contributed by atoms with Crippen molar-refractivity contribution >= 4 is 40.3 Å². The third-order valence-electron chi connectivity index (χ3n) is 5.55. The minimum Gasteiger partial charge on any atom is -0.490 e. The highest BCUT2D eigenvalue weighted by Crippen LogP contribution is 2.38. The van der Waals surface area contributed by atoms with Crippen molar-refractivity contribution in [3.8, 4) is 11.5 Å². The molecule has 1 aliphatic heterocycles. The zero-order valence-corrected chi connectivity index (χ0v) is 21.7. The van der Waals surface area contributed by atoms with Gasteiger partial charge in [-0.3, -0.25) is 9.47 Å². The van der Waals surface area contributed by atoms with E-state index in [1.165, 1.54) is 11.8 Å². The van der Waals surface area contributed by atoms with Crippen LogP contribution in [0.15, 0.2) is 72.2 Å². The third-order valence-corrected chi connectivity index (χ3v) is 6.83. The van der Waals surface area contributed by atoms with Gasteiger partial charge in [0, 0.05) is 17.0 Å². The molecule has 0 spiro atoms. The van der Waals surface area contributed by atoms with Gasteiger partial charge in [0.05, 0.1) is 11.5 Å². The largest absolute Gasteiger partial charge is 0.490 e. The van der Waals surface area contributed by atoms with Crippen molar-refractivity contribution in [1.82, 2.24) is 4.68 Å². The zero-order chi connectivity index (χ0) is 24.9. The topological polar surface area (TPSA) is 43.7 Å². The van der Waals surface area contributed by atoms with Gasteiger partial charge < -0.3 is 9.47 Å². The maximum absolute atomic E-state index is 13.3. The predicted octanol–water partition coefficient (Wildman–Crippen LogP) is 6.35. The smallest absolute Gasteiger partial charge is 0.285 e. The Balaban J connectivity index is 1.68. The number of aromatic nitrogens is 1. The van der Waals surface area contributed by atoms with E-state index in [4.69, 9.17) is 21.7 Å². The Morgan fingerprint density at radius 3 is 2.43 bits per heavy atom. The standard InChI is InChI=1S/C28H28N2O3S2/c1-5-10-23-15-22(16-24(32-6-2)26(23)33-18-21-11-8-7-9-12-21)17-25-27(31)30(28(34)35-25)29-19(3)13-14-20(29)4/h5,7-9,11-17H,1,6,10,18H2,2-4H3/b25-17-. The van der Waals surface area contributed by atoms with Crippen molar-refractivity contribution < 1.29 is 14.3 Å².